The van der Waals surface area contributed by atoms with Crippen molar-refractivity contribution in [3.63, 3.8) is 0 Å². The lowest BCUT2D eigenvalue weighted by molar-refractivity contribution is 0.0529. The van der Waals surface area contributed by atoms with Crippen molar-refractivity contribution in [2.24, 2.45) is 5.92 Å². The quantitative estimate of drug-likeness (QED) is 0.505. The number of carbonyl (C=O) groups is 1. The van der Waals surface area contributed by atoms with Crippen LogP contribution in [-0.4, -0.2) is 67.8 Å². The van der Waals surface area contributed by atoms with Gasteiger partial charge in [-0.2, -0.15) is 10.2 Å². The van der Waals surface area contributed by atoms with Crippen LogP contribution in [0.2, 0.25) is 0 Å². The highest BCUT2D eigenvalue weighted by Gasteiger charge is 2.27. The van der Waals surface area contributed by atoms with Crippen LogP contribution in [-0.2, 0) is 4.74 Å². The van der Waals surface area contributed by atoms with E-state index < -0.39 is 18.0 Å². The predicted molar refractivity (Wildman–Crippen MR) is 135 cm³/mol. The van der Waals surface area contributed by atoms with Crippen LogP contribution in [0.5, 0.6) is 0 Å². The third kappa shape index (κ3) is 5.90. The Morgan fingerprint density at radius 2 is 2.03 bits per heavy atom. The van der Waals surface area contributed by atoms with E-state index in [0.717, 1.165) is 25.7 Å². The van der Waals surface area contributed by atoms with Crippen molar-refractivity contribution in [3.8, 4) is 0 Å². The summed E-state index contributed by atoms with van der Waals surface area (Å²) >= 11 is 0. The number of aliphatic hydroxyl groups is 1. The van der Waals surface area contributed by atoms with Crippen LogP contribution in [0, 0.1) is 5.92 Å². The van der Waals surface area contributed by atoms with Crippen molar-refractivity contribution in [2.45, 2.75) is 65.0 Å². The largest absolute Gasteiger partial charge is 0.396 e. The molecule has 12 heteroatoms. The fraction of sp³-hybridized carbons (Fsp3) is 0.600. The zero-order chi connectivity index (χ0) is 26.5. The Labute approximate surface area is 214 Å². The van der Waals surface area contributed by atoms with E-state index in [1.54, 1.807) is 6.20 Å². The fourth-order valence-electron chi connectivity index (χ4n) is 4.85. The monoisotopic (exact) mass is 519 g/mol. The molecule has 3 aromatic heterocycles. The lowest BCUT2D eigenvalue weighted by Crippen LogP contribution is -2.41. The number of hydrogen-bond acceptors (Lipinski definition) is 7. The molecule has 2 N–H and O–H groups in total. The highest BCUT2D eigenvalue weighted by Crippen LogP contribution is 2.34. The summed E-state index contributed by atoms with van der Waals surface area (Å²) in [5.41, 5.74) is 0.0406. The average Bonchev–Trinajstić information content (AvgIpc) is 3.54. The van der Waals surface area contributed by atoms with Crippen LogP contribution in [0.25, 0.3) is 5.65 Å². The number of fused-ring (bicyclic) bond motifs is 1. The van der Waals surface area contributed by atoms with Crippen molar-refractivity contribution in [1.29, 1.82) is 0 Å². The summed E-state index contributed by atoms with van der Waals surface area (Å²) in [5, 5.41) is 20.2. The van der Waals surface area contributed by atoms with Gasteiger partial charge in [0.15, 0.2) is 11.3 Å². The lowest BCUT2D eigenvalue weighted by atomic mass is 9.87. The second-order valence-corrected chi connectivity index (χ2v) is 9.26. The molecule has 0 spiro atoms. The van der Waals surface area contributed by atoms with Crippen LogP contribution < -0.4 is 10.2 Å². The first-order valence-corrected chi connectivity index (χ1v) is 12.9. The Morgan fingerprint density at radius 3 is 2.70 bits per heavy atom. The van der Waals surface area contributed by atoms with Crippen LogP contribution in [0.15, 0.2) is 24.7 Å². The first-order valence-electron chi connectivity index (χ1n) is 12.9. The molecule has 0 bridgehead atoms. The Hall–Kier alpha value is -3.12. The van der Waals surface area contributed by atoms with E-state index in [-0.39, 0.29) is 35.9 Å². The van der Waals surface area contributed by atoms with Crippen molar-refractivity contribution < 1.29 is 23.4 Å². The highest BCUT2D eigenvalue weighted by atomic mass is 19.3. The number of rotatable bonds is 6. The molecular weight excluding hydrogens is 484 g/mol. The maximum atomic E-state index is 13.8. The van der Waals surface area contributed by atoms with Gasteiger partial charge in [0.1, 0.15) is 11.4 Å². The number of amides is 1. The summed E-state index contributed by atoms with van der Waals surface area (Å²) in [6, 6.07) is 1.78. The van der Waals surface area contributed by atoms with Crippen LogP contribution >= 0.6 is 0 Å². The second kappa shape index (κ2) is 12.0. The van der Waals surface area contributed by atoms with Crippen molar-refractivity contribution in [3.05, 3.63) is 35.9 Å². The molecule has 0 unspecified atom stereocenters. The minimum absolute atomic E-state index is 0.0215. The zero-order valence-electron chi connectivity index (χ0n) is 21.5. The Balaban J connectivity index is 0.00000156. The van der Waals surface area contributed by atoms with Gasteiger partial charge in [0.2, 0.25) is 0 Å². The molecule has 3 aromatic rings. The minimum atomic E-state index is -2.84. The molecular formula is C25H35F2N7O3. The smallest absolute Gasteiger partial charge is 0.284 e. The number of ether oxygens (including phenoxy) is 1. The molecule has 37 heavy (non-hydrogen) atoms. The van der Waals surface area contributed by atoms with E-state index in [9.17, 15) is 18.7 Å². The van der Waals surface area contributed by atoms with E-state index in [1.807, 2.05) is 26.8 Å². The number of nitrogens with zero attached hydrogens (tertiary/aromatic N) is 6. The Bertz CT molecular complexity index is 1190. The lowest BCUT2D eigenvalue weighted by Gasteiger charge is -2.31. The van der Waals surface area contributed by atoms with Crippen LogP contribution in [0.1, 0.15) is 75.0 Å². The molecule has 1 saturated heterocycles. The summed E-state index contributed by atoms with van der Waals surface area (Å²) in [6.07, 6.45) is 4.91. The van der Waals surface area contributed by atoms with Gasteiger partial charge in [-0.25, -0.2) is 18.3 Å². The fourth-order valence-corrected chi connectivity index (χ4v) is 4.85. The SMILES string of the molecule is CC.C[C@@H]1CN(c2ccn3ncc(C(=O)Nc4cn(C5CCC(CO)CC5)nc4C(F)F)c3n2)CCO1. The molecule has 2 fully saturated rings. The van der Waals surface area contributed by atoms with E-state index in [2.05, 4.69) is 25.4 Å². The van der Waals surface area contributed by atoms with Gasteiger partial charge in [0.05, 0.1) is 30.6 Å². The molecule has 1 atom stereocenters. The van der Waals surface area contributed by atoms with Gasteiger partial charge in [-0.1, -0.05) is 13.8 Å². The number of anilines is 2. The van der Waals surface area contributed by atoms with Gasteiger partial charge < -0.3 is 20.1 Å². The molecule has 1 amide bonds. The average molecular weight is 520 g/mol. The normalized spacial score (nSPS) is 22.1. The third-order valence-electron chi connectivity index (χ3n) is 6.83. The van der Waals surface area contributed by atoms with Gasteiger partial charge in [-0.05, 0) is 44.6 Å². The number of alkyl halides is 2. The summed E-state index contributed by atoms with van der Waals surface area (Å²) in [7, 11) is 0. The number of carbonyl (C=O) groups excluding carboxylic acids is 1. The van der Waals surface area contributed by atoms with E-state index in [4.69, 9.17) is 4.74 Å². The van der Waals surface area contributed by atoms with Crippen LogP contribution in [0.4, 0.5) is 20.3 Å². The summed E-state index contributed by atoms with van der Waals surface area (Å²) in [5.74, 6) is 0.358. The minimum Gasteiger partial charge on any atom is -0.396 e. The van der Waals surface area contributed by atoms with Crippen molar-refractivity contribution in [1.82, 2.24) is 24.4 Å². The molecule has 4 heterocycles. The number of nitrogens with one attached hydrogen (secondary N) is 1. The zero-order valence-corrected chi connectivity index (χ0v) is 21.5. The van der Waals surface area contributed by atoms with Gasteiger partial charge in [-0.15, -0.1) is 0 Å². The summed E-state index contributed by atoms with van der Waals surface area (Å²) in [6.45, 7) is 8.07. The van der Waals surface area contributed by atoms with Crippen molar-refractivity contribution in [2.75, 3.05) is 36.5 Å². The molecule has 0 aromatic carbocycles. The number of morpholine rings is 1. The number of aromatic nitrogens is 5. The summed E-state index contributed by atoms with van der Waals surface area (Å²) in [4.78, 5) is 19.8. The maximum Gasteiger partial charge on any atom is 0.284 e. The van der Waals surface area contributed by atoms with Crippen LogP contribution in [0.3, 0.4) is 0 Å². The molecule has 1 saturated carbocycles. The topological polar surface area (TPSA) is 110 Å². The third-order valence-corrected chi connectivity index (χ3v) is 6.83. The van der Waals surface area contributed by atoms with Gasteiger partial charge in [-0.3, -0.25) is 9.48 Å². The molecule has 202 valence electrons. The highest BCUT2D eigenvalue weighted by molar-refractivity contribution is 6.08. The number of halogens is 2. The first kappa shape index (κ1) is 26.9. The maximum absolute atomic E-state index is 13.8. The van der Waals surface area contributed by atoms with E-state index in [0.29, 0.717) is 31.2 Å². The van der Waals surface area contributed by atoms with E-state index in [1.165, 1.54) is 21.6 Å². The standard InChI is InChI=1S/C23H29F2N7O3.C2H6/c1-14-11-30(8-9-35-14)19-6-7-31-22(28-19)17(10-26-31)23(34)27-18-12-32(29-20(18)21(24)25)16-4-2-15(13-33)3-5-16;1-2/h6-7,10,12,14-16,21,33H,2-5,8-9,11,13H2,1H3,(H,27,34);1-2H3/t14-,15?,16?;/m1./s1. The Morgan fingerprint density at radius 1 is 1.27 bits per heavy atom. The number of hydrogen-bond donors (Lipinski definition) is 2. The molecule has 10 nitrogen and oxygen atoms in total. The van der Waals surface area contributed by atoms with Crippen molar-refractivity contribution >= 4 is 23.1 Å². The van der Waals surface area contributed by atoms with Gasteiger partial charge in [0, 0.05) is 32.1 Å². The molecule has 1 aliphatic carbocycles. The van der Waals surface area contributed by atoms with Gasteiger partial charge >= 0.3 is 0 Å². The molecule has 2 aliphatic rings. The van der Waals surface area contributed by atoms with Gasteiger partial charge in [0.25, 0.3) is 12.3 Å². The molecule has 0 radical (unpaired) electrons. The molecule has 5 rings (SSSR count). The first-order chi connectivity index (χ1) is 17.9. The number of aliphatic hydroxyl groups excluding tert-OH is 1. The molecule has 1 aliphatic heterocycles. The Kier molecular flexibility index (Phi) is 8.70. The second-order valence-electron chi connectivity index (χ2n) is 9.26. The summed E-state index contributed by atoms with van der Waals surface area (Å²) < 4.78 is 36.1. The van der Waals surface area contributed by atoms with E-state index >= 15 is 0 Å². The predicted octanol–water partition coefficient (Wildman–Crippen LogP) is 4.09.